The van der Waals surface area contributed by atoms with Gasteiger partial charge in [0.15, 0.2) is 0 Å². The SMILES string of the molecule is CC(=O)Oc1ccc2c(c1)[nH]c1c3c(c(C)cc12)O[C@@](C)(CCC=C(C)C)C=C3. The van der Waals surface area contributed by atoms with Crippen LogP contribution in [0.4, 0.5) is 0 Å². The fourth-order valence-corrected chi connectivity index (χ4v) is 4.00. The van der Waals surface area contributed by atoms with Crippen molar-refractivity contribution in [2.75, 3.05) is 0 Å². The van der Waals surface area contributed by atoms with Gasteiger partial charge in [0.25, 0.3) is 0 Å². The largest absolute Gasteiger partial charge is 0.482 e. The lowest BCUT2D eigenvalue weighted by Crippen LogP contribution is -2.32. The van der Waals surface area contributed by atoms with Crippen LogP contribution in [0, 0.1) is 6.92 Å². The van der Waals surface area contributed by atoms with E-state index in [1.807, 2.05) is 18.2 Å². The van der Waals surface area contributed by atoms with Gasteiger partial charge in [0, 0.05) is 29.3 Å². The molecule has 4 nitrogen and oxygen atoms in total. The first kappa shape index (κ1) is 19.3. The average Bonchev–Trinajstić information content (AvgIpc) is 2.98. The van der Waals surface area contributed by atoms with Gasteiger partial charge in [-0.3, -0.25) is 4.79 Å². The minimum Gasteiger partial charge on any atom is -0.482 e. The number of allylic oxidation sites excluding steroid dienone is 2. The van der Waals surface area contributed by atoms with E-state index >= 15 is 0 Å². The van der Waals surface area contributed by atoms with Crippen LogP contribution < -0.4 is 9.47 Å². The smallest absolute Gasteiger partial charge is 0.308 e. The number of hydrogen-bond acceptors (Lipinski definition) is 3. The van der Waals surface area contributed by atoms with Gasteiger partial charge in [-0.1, -0.05) is 11.6 Å². The van der Waals surface area contributed by atoms with Crippen molar-refractivity contribution in [1.29, 1.82) is 0 Å². The highest BCUT2D eigenvalue weighted by atomic mass is 16.5. The van der Waals surface area contributed by atoms with Crippen molar-refractivity contribution >= 4 is 33.9 Å². The molecule has 1 N–H and O–H groups in total. The number of fused-ring (bicyclic) bond motifs is 5. The van der Waals surface area contributed by atoms with Crippen LogP contribution in [0.25, 0.3) is 27.9 Å². The molecule has 0 saturated carbocycles. The molecule has 2 aromatic carbocycles. The topological polar surface area (TPSA) is 51.3 Å². The number of aromatic amines is 1. The van der Waals surface area contributed by atoms with E-state index in [1.54, 1.807) is 0 Å². The third kappa shape index (κ3) is 3.67. The molecule has 0 amide bonds. The number of esters is 1. The Labute approximate surface area is 171 Å². The van der Waals surface area contributed by atoms with Gasteiger partial charge < -0.3 is 14.5 Å². The molecule has 0 aliphatic carbocycles. The second kappa shape index (κ2) is 7.11. The predicted octanol–water partition coefficient (Wildman–Crippen LogP) is 6.47. The number of H-pyrrole nitrogens is 1. The van der Waals surface area contributed by atoms with Crippen LogP contribution in [0.2, 0.25) is 0 Å². The van der Waals surface area contributed by atoms with Crippen LogP contribution in [-0.4, -0.2) is 16.6 Å². The normalized spacial score (nSPS) is 17.8. The number of hydrogen-bond donors (Lipinski definition) is 1. The Hall–Kier alpha value is -3.01. The lowest BCUT2D eigenvalue weighted by molar-refractivity contribution is -0.131. The van der Waals surface area contributed by atoms with Gasteiger partial charge in [-0.25, -0.2) is 0 Å². The summed E-state index contributed by atoms with van der Waals surface area (Å²) in [5.41, 5.74) is 5.20. The van der Waals surface area contributed by atoms with Gasteiger partial charge in [0.2, 0.25) is 0 Å². The number of ether oxygens (including phenoxy) is 2. The molecule has 0 saturated heterocycles. The highest BCUT2D eigenvalue weighted by Crippen LogP contribution is 2.42. The van der Waals surface area contributed by atoms with Crippen LogP contribution in [0.5, 0.6) is 11.5 Å². The molecule has 150 valence electrons. The zero-order valence-electron chi connectivity index (χ0n) is 17.7. The van der Waals surface area contributed by atoms with Gasteiger partial charge >= 0.3 is 5.97 Å². The number of aromatic nitrogens is 1. The average molecular weight is 389 g/mol. The Morgan fingerprint density at radius 1 is 1.21 bits per heavy atom. The monoisotopic (exact) mass is 389 g/mol. The van der Waals surface area contributed by atoms with E-state index in [-0.39, 0.29) is 11.6 Å². The Bertz CT molecular complexity index is 1180. The van der Waals surface area contributed by atoms with Gasteiger partial charge in [-0.05, 0) is 76.5 Å². The second-order valence-corrected chi connectivity index (χ2v) is 8.35. The lowest BCUT2D eigenvalue weighted by Gasteiger charge is -2.32. The van der Waals surface area contributed by atoms with Crippen LogP contribution >= 0.6 is 0 Å². The molecule has 1 aromatic heterocycles. The highest BCUT2D eigenvalue weighted by molar-refractivity contribution is 6.11. The van der Waals surface area contributed by atoms with E-state index in [2.05, 4.69) is 57.0 Å². The van der Waals surface area contributed by atoms with Crippen LogP contribution in [0.15, 0.2) is 42.0 Å². The molecule has 0 unspecified atom stereocenters. The van der Waals surface area contributed by atoms with E-state index in [0.717, 1.165) is 51.5 Å². The molecular weight excluding hydrogens is 362 g/mol. The molecule has 0 spiro atoms. The summed E-state index contributed by atoms with van der Waals surface area (Å²) >= 11 is 0. The summed E-state index contributed by atoms with van der Waals surface area (Å²) in [4.78, 5) is 14.8. The highest BCUT2D eigenvalue weighted by Gasteiger charge is 2.29. The minimum atomic E-state index is -0.322. The zero-order valence-corrected chi connectivity index (χ0v) is 17.7. The maximum absolute atomic E-state index is 11.3. The number of nitrogens with one attached hydrogen (secondary N) is 1. The van der Waals surface area contributed by atoms with Crippen molar-refractivity contribution in [3.8, 4) is 11.5 Å². The summed E-state index contributed by atoms with van der Waals surface area (Å²) < 4.78 is 11.7. The molecule has 0 bridgehead atoms. The van der Waals surface area contributed by atoms with Gasteiger partial charge in [0.1, 0.15) is 17.1 Å². The van der Waals surface area contributed by atoms with E-state index in [4.69, 9.17) is 9.47 Å². The number of aryl methyl sites for hydroxylation is 1. The molecule has 1 aliphatic rings. The molecule has 1 atom stereocenters. The maximum atomic E-state index is 11.3. The number of rotatable bonds is 4. The standard InChI is InChI=1S/C25H27NO3/c1-15(2)7-6-11-25(5)12-10-20-23-21(13-16(3)24(20)29-25)19-9-8-18(28-17(4)27)14-22(19)26-23/h7-10,12-14,26H,6,11H2,1-5H3/t25-/m0/s1. The molecule has 2 heterocycles. The Morgan fingerprint density at radius 2 is 2.00 bits per heavy atom. The third-order valence-corrected chi connectivity index (χ3v) is 5.44. The first-order valence-corrected chi connectivity index (χ1v) is 10.0. The second-order valence-electron chi connectivity index (χ2n) is 8.35. The van der Waals surface area contributed by atoms with E-state index in [1.165, 1.54) is 12.5 Å². The van der Waals surface area contributed by atoms with Gasteiger partial charge in [-0.15, -0.1) is 0 Å². The Balaban J connectivity index is 1.77. The summed E-state index contributed by atoms with van der Waals surface area (Å²) in [7, 11) is 0. The quantitative estimate of drug-likeness (QED) is 0.316. The molecule has 1 aliphatic heterocycles. The molecular formula is C25H27NO3. The Morgan fingerprint density at radius 3 is 2.72 bits per heavy atom. The first-order valence-electron chi connectivity index (χ1n) is 10.0. The fraction of sp³-hybridized carbons (Fsp3) is 0.320. The number of carbonyl (C=O) groups excluding carboxylic acids is 1. The molecule has 0 radical (unpaired) electrons. The van der Waals surface area contributed by atoms with Crippen molar-refractivity contribution in [3.05, 3.63) is 53.1 Å². The predicted molar refractivity (Wildman–Crippen MR) is 119 cm³/mol. The summed E-state index contributed by atoms with van der Waals surface area (Å²) in [6.45, 7) is 9.90. The van der Waals surface area contributed by atoms with Crippen molar-refractivity contribution < 1.29 is 14.3 Å². The van der Waals surface area contributed by atoms with Crippen LogP contribution in [0.1, 0.15) is 51.7 Å². The zero-order chi connectivity index (χ0) is 20.8. The fourth-order valence-electron chi connectivity index (χ4n) is 4.00. The van der Waals surface area contributed by atoms with Gasteiger partial charge in [0.05, 0.1) is 11.0 Å². The molecule has 0 fully saturated rings. The van der Waals surface area contributed by atoms with Crippen molar-refractivity contribution in [2.24, 2.45) is 0 Å². The van der Waals surface area contributed by atoms with E-state index in [0.29, 0.717) is 5.75 Å². The molecule has 3 aromatic rings. The molecule has 4 rings (SSSR count). The molecule has 4 heteroatoms. The number of carbonyl (C=O) groups is 1. The number of benzene rings is 2. The summed E-state index contributed by atoms with van der Waals surface area (Å²) in [6, 6.07) is 7.87. The molecule has 29 heavy (non-hydrogen) atoms. The van der Waals surface area contributed by atoms with Crippen molar-refractivity contribution in [1.82, 2.24) is 4.98 Å². The first-order chi connectivity index (χ1) is 13.8. The minimum absolute atomic E-state index is 0.314. The lowest BCUT2D eigenvalue weighted by atomic mass is 9.92. The summed E-state index contributed by atoms with van der Waals surface area (Å²) in [6.07, 6.45) is 8.53. The third-order valence-electron chi connectivity index (χ3n) is 5.44. The van der Waals surface area contributed by atoms with E-state index in [9.17, 15) is 4.79 Å². The van der Waals surface area contributed by atoms with Gasteiger partial charge in [-0.2, -0.15) is 0 Å². The van der Waals surface area contributed by atoms with E-state index < -0.39 is 0 Å². The van der Waals surface area contributed by atoms with Crippen molar-refractivity contribution in [2.45, 2.75) is 53.1 Å². The van der Waals surface area contributed by atoms with Crippen molar-refractivity contribution in [3.63, 3.8) is 0 Å². The maximum Gasteiger partial charge on any atom is 0.308 e. The summed E-state index contributed by atoms with van der Waals surface area (Å²) in [5, 5.41) is 2.25. The van der Waals surface area contributed by atoms with Crippen LogP contribution in [0.3, 0.4) is 0 Å². The van der Waals surface area contributed by atoms with Crippen LogP contribution in [-0.2, 0) is 4.79 Å². The Kier molecular flexibility index (Phi) is 4.73. The summed E-state index contributed by atoms with van der Waals surface area (Å²) in [5.74, 6) is 1.16.